The molecule has 2 aromatic heterocycles. The van der Waals surface area contributed by atoms with E-state index in [1.807, 2.05) is 37.3 Å². The average Bonchev–Trinajstić information content (AvgIpc) is 3.33. The smallest absolute Gasteiger partial charge is 0.327 e. The number of para-hydroxylation sites is 1. The van der Waals surface area contributed by atoms with Gasteiger partial charge in [0.25, 0.3) is 0 Å². The van der Waals surface area contributed by atoms with Gasteiger partial charge in [-0.15, -0.1) is 0 Å². The Labute approximate surface area is 235 Å². The zero-order valence-electron chi connectivity index (χ0n) is 21.9. The zero-order valence-corrected chi connectivity index (χ0v) is 22.7. The average molecular weight is 557 g/mol. The Hall–Kier alpha value is -4.38. The van der Waals surface area contributed by atoms with Crippen molar-refractivity contribution in [2.75, 3.05) is 18.0 Å². The van der Waals surface area contributed by atoms with Crippen LogP contribution in [-0.4, -0.2) is 57.1 Å². The first-order valence-electron chi connectivity index (χ1n) is 13.1. The number of hydrogen-bond donors (Lipinski definition) is 2. The Morgan fingerprint density at radius 3 is 2.80 bits per heavy atom. The van der Waals surface area contributed by atoms with Gasteiger partial charge in [0, 0.05) is 37.0 Å². The van der Waals surface area contributed by atoms with Crippen LogP contribution in [0, 0.1) is 6.92 Å². The molecule has 6 rings (SSSR count). The lowest BCUT2D eigenvalue weighted by Gasteiger charge is -2.36. The Kier molecular flexibility index (Phi) is 6.89. The van der Waals surface area contributed by atoms with Crippen LogP contribution >= 0.6 is 11.8 Å². The van der Waals surface area contributed by atoms with Crippen molar-refractivity contribution in [3.8, 4) is 11.6 Å². The third-order valence-corrected chi connectivity index (χ3v) is 8.57. The molecule has 1 aromatic carbocycles. The fourth-order valence-electron chi connectivity index (χ4n) is 5.39. The van der Waals surface area contributed by atoms with Crippen molar-refractivity contribution in [2.45, 2.75) is 42.1 Å². The van der Waals surface area contributed by atoms with Crippen molar-refractivity contribution < 1.29 is 19.1 Å². The number of aromatic nitrogens is 2. The van der Waals surface area contributed by atoms with Crippen LogP contribution in [-0.2, 0) is 9.59 Å². The van der Waals surface area contributed by atoms with Gasteiger partial charge in [0.05, 0.1) is 23.6 Å². The highest BCUT2D eigenvalue weighted by molar-refractivity contribution is 8.01. The van der Waals surface area contributed by atoms with Crippen LogP contribution in [0.4, 0.5) is 16.2 Å². The maximum absolute atomic E-state index is 13.5. The lowest BCUT2D eigenvalue weighted by atomic mass is 9.99. The van der Waals surface area contributed by atoms with E-state index in [1.165, 1.54) is 17.8 Å². The van der Waals surface area contributed by atoms with Gasteiger partial charge >= 0.3 is 6.03 Å². The quantitative estimate of drug-likeness (QED) is 0.436. The summed E-state index contributed by atoms with van der Waals surface area (Å²) in [5.74, 6) is 0.763. The van der Waals surface area contributed by atoms with Gasteiger partial charge in [-0.25, -0.2) is 14.8 Å². The van der Waals surface area contributed by atoms with E-state index in [0.717, 1.165) is 24.0 Å². The first-order valence-corrected chi connectivity index (χ1v) is 14.0. The molecule has 0 aliphatic carbocycles. The number of nitrogens with zero attached hydrogens (tertiary/aromatic N) is 4. The van der Waals surface area contributed by atoms with Crippen molar-refractivity contribution in [2.24, 2.45) is 0 Å². The summed E-state index contributed by atoms with van der Waals surface area (Å²) in [4.78, 5) is 51.3. The van der Waals surface area contributed by atoms with Gasteiger partial charge in [0.1, 0.15) is 16.0 Å². The molecule has 4 amide bonds. The number of pyridine rings is 2. The van der Waals surface area contributed by atoms with E-state index in [2.05, 4.69) is 27.2 Å². The summed E-state index contributed by atoms with van der Waals surface area (Å²) in [7, 11) is 0. The Morgan fingerprint density at radius 1 is 1.20 bits per heavy atom. The van der Waals surface area contributed by atoms with E-state index < -0.39 is 11.3 Å². The molecule has 0 bridgehead atoms. The van der Waals surface area contributed by atoms with E-state index in [9.17, 15) is 14.4 Å². The number of carbonyl (C=O) groups is 3. The molecule has 3 aromatic rings. The van der Waals surface area contributed by atoms with E-state index >= 15 is 0 Å². The summed E-state index contributed by atoms with van der Waals surface area (Å²) in [5.41, 5.74) is 2.89. The monoisotopic (exact) mass is 556 g/mol. The van der Waals surface area contributed by atoms with Gasteiger partial charge in [0.15, 0.2) is 0 Å². The maximum atomic E-state index is 13.5. The van der Waals surface area contributed by atoms with Gasteiger partial charge in [-0.3, -0.25) is 14.5 Å². The van der Waals surface area contributed by atoms with E-state index in [4.69, 9.17) is 4.74 Å². The molecule has 0 saturated carbocycles. The number of carbonyl (C=O) groups excluding carboxylic acids is 3. The van der Waals surface area contributed by atoms with Crippen LogP contribution in [0.25, 0.3) is 0 Å². The number of anilines is 2. The van der Waals surface area contributed by atoms with Crippen molar-refractivity contribution >= 4 is 41.0 Å². The number of piperidine rings is 1. The number of thioether (sulfide) groups is 1. The molecule has 3 aliphatic heterocycles. The highest BCUT2D eigenvalue weighted by Gasteiger charge is 2.47. The largest absolute Gasteiger partial charge is 0.439 e. The molecule has 2 N–H and O–H groups in total. The van der Waals surface area contributed by atoms with Gasteiger partial charge in [-0.1, -0.05) is 36.5 Å². The Morgan fingerprint density at radius 2 is 2.02 bits per heavy atom. The van der Waals surface area contributed by atoms with Gasteiger partial charge in [-0.2, -0.15) is 0 Å². The lowest BCUT2D eigenvalue weighted by molar-refractivity contribution is -0.129. The third-order valence-electron chi connectivity index (χ3n) is 7.28. The fourth-order valence-corrected chi connectivity index (χ4v) is 6.63. The number of likely N-dealkylation sites (tertiary alicyclic amines) is 1. The number of urea groups is 1. The Balaban J connectivity index is 1.23. The second kappa shape index (κ2) is 10.6. The molecule has 0 radical (unpaired) electrons. The summed E-state index contributed by atoms with van der Waals surface area (Å²) in [6.45, 7) is 6.54. The second-order valence-corrected chi connectivity index (χ2v) is 11.0. The van der Waals surface area contributed by atoms with E-state index in [0.29, 0.717) is 41.1 Å². The number of rotatable bonds is 6. The van der Waals surface area contributed by atoms with Crippen LogP contribution in [0.1, 0.15) is 30.0 Å². The predicted octanol–water partition coefficient (Wildman–Crippen LogP) is 4.25. The maximum Gasteiger partial charge on any atom is 0.327 e. The van der Waals surface area contributed by atoms with Crippen molar-refractivity contribution in [1.29, 1.82) is 0 Å². The van der Waals surface area contributed by atoms with Crippen LogP contribution in [0.5, 0.6) is 11.6 Å². The topological polar surface area (TPSA) is 117 Å². The van der Waals surface area contributed by atoms with Crippen LogP contribution in [0.3, 0.4) is 0 Å². The molecular weight excluding hydrogens is 528 g/mol. The SMILES string of the molecule is C=CC(=O)N1CCCC(NC(=O)[C@@H]2Sc3nccc4c3C2NC(=O)N4c2cnc(Oc3ccccc3)cc2C)C1. The van der Waals surface area contributed by atoms with E-state index in [-0.39, 0.29) is 23.9 Å². The first kappa shape index (κ1) is 25.9. The van der Waals surface area contributed by atoms with E-state index in [1.54, 1.807) is 34.3 Å². The normalized spacial score (nSPS) is 21.3. The highest BCUT2D eigenvalue weighted by atomic mass is 32.2. The summed E-state index contributed by atoms with van der Waals surface area (Å²) >= 11 is 1.34. The van der Waals surface area contributed by atoms with Crippen LogP contribution in [0.15, 0.2) is 72.5 Å². The second-order valence-electron chi connectivity index (χ2n) is 9.91. The lowest BCUT2D eigenvalue weighted by Crippen LogP contribution is -2.53. The summed E-state index contributed by atoms with van der Waals surface area (Å²) in [6, 6.07) is 11.9. The molecule has 3 atom stereocenters. The predicted molar refractivity (Wildman–Crippen MR) is 151 cm³/mol. The molecule has 10 nitrogen and oxygen atoms in total. The third kappa shape index (κ3) is 4.77. The standard InChI is InChI=1S/C29H28N6O4S/c1-3-23(36)34-13-7-8-18(16-34)32-27(37)26-25-24-20(11-12-30-28(24)40-26)35(29(38)33-25)21-15-31-22(14-17(21)2)39-19-9-5-4-6-10-19/h3-6,9-12,14-15,18,25-26H,1,7-8,13,16H2,2H3,(H,32,37)(H,33,38)/t18?,25?,26-/m1/s1. The number of amides is 4. The minimum absolute atomic E-state index is 0.139. The highest BCUT2D eigenvalue weighted by Crippen LogP contribution is 2.51. The van der Waals surface area contributed by atoms with Crippen molar-refractivity contribution in [3.05, 3.63) is 78.6 Å². The molecule has 40 heavy (non-hydrogen) atoms. The molecule has 3 aliphatic rings. The number of hydrogen-bond acceptors (Lipinski definition) is 7. The van der Waals surface area contributed by atoms with Crippen LogP contribution in [0.2, 0.25) is 0 Å². The molecular formula is C29H28N6O4S. The number of aryl methyl sites for hydroxylation is 1. The summed E-state index contributed by atoms with van der Waals surface area (Å²) in [6.07, 6.45) is 6.14. The Bertz CT molecular complexity index is 1500. The minimum Gasteiger partial charge on any atom is -0.439 e. The van der Waals surface area contributed by atoms with Gasteiger partial charge < -0.3 is 20.3 Å². The van der Waals surface area contributed by atoms with Crippen LogP contribution < -0.4 is 20.3 Å². The molecule has 1 saturated heterocycles. The number of ether oxygens (including phenoxy) is 1. The molecule has 5 heterocycles. The summed E-state index contributed by atoms with van der Waals surface area (Å²) < 4.78 is 5.86. The van der Waals surface area contributed by atoms with Crippen molar-refractivity contribution in [1.82, 2.24) is 25.5 Å². The van der Waals surface area contributed by atoms with Gasteiger partial charge in [0.2, 0.25) is 17.7 Å². The molecule has 11 heteroatoms. The molecule has 204 valence electrons. The van der Waals surface area contributed by atoms with Crippen molar-refractivity contribution in [3.63, 3.8) is 0 Å². The zero-order chi connectivity index (χ0) is 27.8. The van der Waals surface area contributed by atoms with Gasteiger partial charge in [-0.05, 0) is 49.6 Å². The first-order chi connectivity index (χ1) is 19.4. The molecule has 0 spiro atoms. The molecule has 1 fully saturated rings. The molecule has 2 unspecified atom stereocenters. The summed E-state index contributed by atoms with van der Waals surface area (Å²) in [5, 5.41) is 6.26. The number of benzene rings is 1. The minimum atomic E-state index is -0.582. The number of nitrogens with one attached hydrogen (secondary N) is 2. The fraction of sp³-hybridized carbons (Fsp3) is 0.276.